The number of benzene rings is 1. The fraction of sp³-hybridized carbons (Fsp3) is 0.526. The third-order valence-corrected chi connectivity index (χ3v) is 8.09. The summed E-state index contributed by atoms with van der Waals surface area (Å²) in [6.45, 7) is 2.77. The highest BCUT2D eigenvalue weighted by Crippen LogP contribution is 2.28. The molecule has 2 aromatic rings. The number of carbonyl (C=O) groups excluding carboxylic acids is 1. The van der Waals surface area contributed by atoms with E-state index < -0.39 is 15.9 Å². The molecule has 2 fully saturated rings. The average Bonchev–Trinajstić information content (AvgIpc) is 3.43. The van der Waals surface area contributed by atoms with Crippen molar-refractivity contribution >= 4 is 27.7 Å². The molecule has 0 radical (unpaired) electrons. The molecule has 0 aliphatic carbocycles. The Labute approximate surface area is 185 Å². The molecule has 4 rings (SSSR count). The van der Waals surface area contributed by atoms with Crippen LogP contribution in [0.25, 0.3) is 11.4 Å². The van der Waals surface area contributed by atoms with Crippen molar-refractivity contribution in [2.75, 3.05) is 38.7 Å². The second-order valence-corrected chi connectivity index (χ2v) is 10.2. The lowest BCUT2D eigenvalue weighted by molar-refractivity contribution is -0.115. The van der Waals surface area contributed by atoms with Crippen LogP contribution in [0.3, 0.4) is 0 Å². The van der Waals surface area contributed by atoms with Crippen LogP contribution in [-0.4, -0.2) is 78.2 Å². The van der Waals surface area contributed by atoms with E-state index in [1.54, 1.807) is 24.3 Å². The van der Waals surface area contributed by atoms with E-state index in [1.807, 2.05) is 4.57 Å². The van der Waals surface area contributed by atoms with Crippen LogP contribution in [0.2, 0.25) is 0 Å². The van der Waals surface area contributed by atoms with Crippen LogP contribution < -0.4 is 5.73 Å². The van der Waals surface area contributed by atoms with Gasteiger partial charge < -0.3 is 15.2 Å². The van der Waals surface area contributed by atoms with Gasteiger partial charge in [0.15, 0.2) is 11.0 Å². The van der Waals surface area contributed by atoms with Crippen LogP contribution in [0.4, 0.5) is 0 Å². The Morgan fingerprint density at radius 2 is 1.90 bits per heavy atom. The van der Waals surface area contributed by atoms with Crippen molar-refractivity contribution in [3.05, 3.63) is 24.3 Å². The molecule has 2 saturated heterocycles. The van der Waals surface area contributed by atoms with Gasteiger partial charge in [-0.3, -0.25) is 9.36 Å². The number of nitrogens with zero attached hydrogens (tertiary/aromatic N) is 4. The van der Waals surface area contributed by atoms with Crippen LogP contribution in [0, 0.1) is 0 Å². The normalized spacial score (nSPS) is 20.2. The smallest absolute Gasteiger partial charge is 0.243 e. The van der Waals surface area contributed by atoms with E-state index in [2.05, 4.69) is 10.2 Å². The third-order valence-electron chi connectivity index (χ3n) is 5.19. The maximum atomic E-state index is 12.9. The number of ether oxygens (including phenoxy) is 2. The van der Waals surface area contributed by atoms with Crippen molar-refractivity contribution in [3.8, 4) is 11.4 Å². The Morgan fingerprint density at radius 3 is 2.55 bits per heavy atom. The third kappa shape index (κ3) is 5.09. The van der Waals surface area contributed by atoms with Gasteiger partial charge in [0, 0.05) is 25.3 Å². The van der Waals surface area contributed by atoms with Crippen molar-refractivity contribution in [2.24, 2.45) is 5.73 Å². The Morgan fingerprint density at radius 1 is 1.16 bits per heavy atom. The number of thioether (sulfide) groups is 1. The van der Waals surface area contributed by atoms with Gasteiger partial charge in [0.2, 0.25) is 15.9 Å². The van der Waals surface area contributed by atoms with Gasteiger partial charge in [-0.15, -0.1) is 10.2 Å². The molecule has 10 nitrogen and oxygen atoms in total. The molecule has 2 aliphatic rings. The second kappa shape index (κ2) is 9.65. The van der Waals surface area contributed by atoms with Crippen LogP contribution in [0.15, 0.2) is 34.3 Å². The number of sulfonamides is 1. The monoisotopic (exact) mass is 467 g/mol. The number of primary amides is 1. The average molecular weight is 468 g/mol. The van der Waals surface area contributed by atoms with Gasteiger partial charge in [-0.2, -0.15) is 4.31 Å². The standard InChI is InChI=1S/C19H25N5O5S2/c20-17(25)13-30-19-22-21-18(24(19)12-15-2-1-9-29-15)14-3-5-16(6-4-14)31(26,27)23-7-10-28-11-8-23/h3-6,15H,1-2,7-13H2,(H2,20,25)/t15-/m0/s1. The summed E-state index contributed by atoms with van der Waals surface area (Å²) in [6.07, 6.45) is 1.98. The molecule has 0 spiro atoms. The van der Waals surface area contributed by atoms with Gasteiger partial charge in [0.25, 0.3) is 0 Å². The molecule has 0 unspecified atom stereocenters. The number of hydrogen-bond acceptors (Lipinski definition) is 8. The molecule has 2 aliphatic heterocycles. The molecule has 2 N–H and O–H groups in total. The van der Waals surface area contributed by atoms with Crippen molar-refractivity contribution in [3.63, 3.8) is 0 Å². The maximum Gasteiger partial charge on any atom is 0.243 e. The molecule has 1 aromatic heterocycles. The predicted octanol–water partition coefficient (Wildman–Crippen LogP) is 0.722. The van der Waals surface area contributed by atoms with Gasteiger partial charge in [-0.25, -0.2) is 8.42 Å². The molecule has 1 atom stereocenters. The van der Waals surface area contributed by atoms with E-state index in [-0.39, 0.29) is 16.8 Å². The number of rotatable bonds is 8. The van der Waals surface area contributed by atoms with E-state index in [0.717, 1.165) is 25.0 Å². The molecule has 12 heteroatoms. The Kier molecular flexibility index (Phi) is 6.92. The quantitative estimate of drug-likeness (QED) is 0.562. The molecule has 1 amide bonds. The molecular formula is C19H25N5O5S2. The van der Waals surface area contributed by atoms with Crippen LogP contribution in [0.1, 0.15) is 12.8 Å². The number of aromatic nitrogens is 3. The highest BCUT2D eigenvalue weighted by Gasteiger charge is 2.27. The van der Waals surface area contributed by atoms with E-state index in [9.17, 15) is 13.2 Å². The first kappa shape index (κ1) is 22.2. The zero-order chi connectivity index (χ0) is 21.8. The lowest BCUT2D eigenvalue weighted by Crippen LogP contribution is -2.40. The number of hydrogen-bond donors (Lipinski definition) is 1. The molecule has 3 heterocycles. The van der Waals surface area contributed by atoms with Gasteiger partial charge in [0.1, 0.15) is 0 Å². The predicted molar refractivity (Wildman–Crippen MR) is 114 cm³/mol. The zero-order valence-corrected chi connectivity index (χ0v) is 18.6. The summed E-state index contributed by atoms with van der Waals surface area (Å²) in [5.41, 5.74) is 6.01. The van der Waals surface area contributed by atoms with Gasteiger partial charge in [-0.05, 0) is 37.1 Å². The summed E-state index contributed by atoms with van der Waals surface area (Å²) in [4.78, 5) is 11.4. The van der Waals surface area contributed by atoms with Crippen molar-refractivity contribution < 1.29 is 22.7 Å². The summed E-state index contributed by atoms with van der Waals surface area (Å²) >= 11 is 1.23. The van der Waals surface area contributed by atoms with Crippen molar-refractivity contribution in [2.45, 2.75) is 35.5 Å². The molecule has 1 aromatic carbocycles. The van der Waals surface area contributed by atoms with Gasteiger partial charge >= 0.3 is 0 Å². The lowest BCUT2D eigenvalue weighted by Gasteiger charge is -2.26. The first-order valence-corrected chi connectivity index (χ1v) is 12.5. The highest BCUT2D eigenvalue weighted by molar-refractivity contribution is 7.99. The van der Waals surface area contributed by atoms with Crippen molar-refractivity contribution in [1.29, 1.82) is 0 Å². The van der Waals surface area contributed by atoms with E-state index in [0.29, 0.717) is 43.8 Å². The van der Waals surface area contributed by atoms with Crippen LogP contribution >= 0.6 is 11.8 Å². The Balaban J connectivity index is 1.60. The molecule has 0 saturated carbocycles. The van der Waals surface area contributed by atoms with Crippen molar-refractivity contribution in [1.82, 2.24) is 19.1 Å². The lowest BCUT2D eigenvalue weighted by atomic mass is 10.2. The molecule has 31 heavy (non-hydrogen) atoms. The number of morpholine rings is 1. The van der Waals surface area contributed by atoms with Gasteiger partial charge in [-0.1, -0.05) is 11.8 Å². The Bertz CT molecular complexity index is 1010. The summed E-state index contributed by atoms with van der Waals surface area (Å²) in [6, 6.07) is 6.63. The topological polar surface area (TPSA) is 130 Å². The minimum absolute atomic E-state index is 0.0450. The minimum Gasteiger partial charge on any atom is -0.379 e. The summed E-state index contributed by atoms with van der Waals surface area (Å²) in [7, 11) is -3.57. The SMILES string of the molecule is NC(=O)CSc1nnc(-c2ccc(S(=O)(=O)N3CCOCC3)cc2)n1C[C@@H]1CCCO1. The fourth-order valence-electron chi connectivity index (χ4n) is 3.61. The fourth-order valence-corrected chi connectivity index (χ4v) is 5.71. The first-order chi connectivity index (χ1) is 14.9. The van der Waals surface area contributed by atoms with E-state index in [4.69, 9.17) is 15.2 Å². The van der Waals surface area contributed by atoms with Crippen LogP contribution in [0.5, 0.6) is 0 Å². The molecular weight excluding hydrogens is 442 g/mol. The minimum atomic E-state index is -3.57. The Hall–Kier alpha value is -1.99. The summed E-state index contributed by atoms with van der Waals surface area (Å²) in [5.74, 6) is 0.258. The summed E-state index contributed by atoms with van der Waals surface area (Å²) < 4.78 is 40.1. The maximum absolute atomic E-state index is 12.9. The number of amides is 1. The van der Waals surface area contributed by atoms with Gasteiger partial charge in [0.05, 0.1) is 36.5 Å². The summed E-state index contributed by atoms with van der Waals surface area (Å²) in [5, 5.41) is 9.10. The first-order valence-electron chi connectivity index (χ1n) is 10.1. The largest absolute Gasteiger partial charge is 0.379 e. The van der Waals surface area contributed by atoms with Crippen LogP contribution in [-0.2, 0) is 30.8 Å². The van der Waals surface area contributed by atoms with E-state index >= 15 is 0 Å². The zero-order valence-electron chi connectivity index (χ0n) is 17.0. The number of carbonyl (C=O) groups is 1. The number of nitrogens with two attached hydrogens (primary N) is 1. The molecule has 0 bridgehead atoms. The molecule has 168 valence electrons. The second-order valence-electron chi connectivity index (χ2n) is 7.35. The van der Waals surface area contributed by atoms with E-state index in [1.165, 1.54) is 16.1 Å². The highest BCUT2D eigenvalue weighted by atomic mass is 32.2.